The highest BCUT2D eigenvalue weighted by molar-refractivity contribution is 6.04. The standard InChI is InChI=1S/C13H15N5O3/c1-8(2)17-7-10(6-15-17)16-13(19)9-3-4-11(14)12(5-9)18(20)21/h3-8H,14H2,1-2H3,(H,16,19). The Balaban J connectivity index is 2.20. The van der Waals surface area contributed by atoms with Crippen molar-refractivity contribution >= 4 is 23.0 Å². The van der Waals surface area contributed by atoms with E-state index < -0.39 is 10.8 Å². The zero-order valence-corrected chi connectivity index (χ0v) is 11.6. The predicted molar refractivity (Wildman–Crippen MR) is 78.1 cm³/mol. The van der Waals surface area contributed by atoms with E-state index in [1.807, 2.05) is 13.8 Å². The third-order valence-electron chi connectivity index (χ3n) is 2.88. The second-order valence-electron chi connectivity index (χ2n) is 4.79. The molecule has 0 fully saturated rings. The van der Waals surface area contributed by atoms with Crippen LogP contribution in [0.2, 0.25) is 0 Å². The Bertz CT molecular complexity index is 693. The Morgan fingerprint density at radius 2 is 2.19 bits per heavy atom. The lowest BCUT2D eigenvalue weighted by Crippen LogP contribution is -2.12. The van der Waals surface area contributed by atoms with Gasteiger partial charge in [0.1, 0.15) is 5.69 Å². The number of rotatable bonds is 4. The molecule has 1 heterocycles. The van der Waals surface area contributed by atoms with Gasteiger partial charge in [0.25, 0.3) is 11.6 Å². The first-order valence-corrected chi connectivity index (χ1v) is 6.28. The highest BCUT2D eigenvalue weighted by atomic mass is 16.6. The molecule has 8 heteroatoms. The lowest BCUT2D eigenvalue weighted by molar-refractivity contribution is -0.383. The molecule has 0 aliphatic carbocycles. The Morgan fingerprint density at radius 1 is 1.48 bits per heavy atom. The summed E-state index contributed by atoms with van der Waals surface area (Å²) in [5.74, 6) is -0.457. The minimum atomic E-state index is -0.622. The van der Waals surface area contributed by atoms with Crippen LogP contribution in [-0.2, 0) is 0 Å². The van der Waals surface area contributed by atoms with Crippen molar-refractivity contribution in [3.05, 3.63) is 46.3 Å². The van der Waals surface area contributed by atoms with Gasteiger partial charge in [-0.3, -0.25) is 19.6 Å². The Kier molecular flexibility index (Phi) is 3.88. The maximum absolute atomic E-state index is 12.1. The van der Waals surface area contributed by atoms with Gasteiger partial charge < -0.3 is 11.1 Å². The van der Waals surface area contributed by atoms with Crippen LogP contribution >= 0.6 is 0 Å². The number of nitrogen functional groups attached to an aromatic ring is 1. The number of anilines is 2. The molecule has 0 aliphatic rings. The molecule has 0 aliphatic heterocycles. The number of aromatic nitrogens is 2. The highest BCUT2D eigenvalue weighted by Gasteiger charge is 2.16. The van der Waals surface area contributed by atoms with Crippen molar-refractivity contribution in [1.29, 1.82) is 0 Å². The molecule has 0 radical (unpaired) electrons. The summed E-state index contributed by atoms with van der Waals surface area (Å²) in [5.41, 5.74) is 5.90. The van der Waals surface area contributed by atoms with E-state index in [1.165, 1.54) is 18.3 Å². The van der Waals surface area contributed by atoms with Crippen LogP contribution in [0.3, 0.4) is 0 Å². The smallest absolute Gasteiger partial charge is 0.292 e. The molecular weight excluding hydrogens is 274 g/mol. The molecular formula is C13H15N5O3. The van der Waals surface area contributed by atoms with Crippen LogP contribution in [0, 0.1) is 10.1 Å². The van der Waals surface area contributed by atoms with E-state index >= 15 is 0 Å². The summed E-state index contributed by atoms with van der Waals surface area (Å²) in [6, 6.07) is 4.10. The van der Waals surface area contributed by atoms with Crippen LogP contribution < -0.4 is 11.1 Å². The molecule has 110 valence electrons. The molecule has 2 rings (SSSR count). The average molecular weight is 289 g/mol. The summed E-state index contributed by atoms with van der Waals surface area (Å²) >= 11 is 0. The van der Waals surface area contributed by atoms with E-state index in [0.717, 1.165) is 6.07 Å². The third kappa shape index (κ3) is 3.16. The predicted octanol–water partition coefficient (Wildman–Crippen LogP) is 2.21. The van der Waals surface area contributed by atoms with Gasteiger partial charge in [0.15, 0.2) is 0 Å². The Hall–Kier alpha value is -2.90. The second kappa shape index (κ2) is 5.61. The molecule has 8 nitrogen and oxygen atoms in total. The first-order chi connectivity index (χ1) is 9.88. The highest BCUT2D eigenvalue weighted by Crippen LogP contribution is 2.23. The summed E-state index contributed by atoms with van der Waals surface area (Å²) in [5, 5.41) is 17.5. The monoisotopic (exact) mass is 289 g/mol. The third-order valence-corrected chi connectivity index (χ3v) is 2.88. The molecule has 0 atom stereocenters. The fourth-order valence-electron chi connectivity index (χ4n) is 1.73. The lowest BCUT2D eigenvalue weighted by Gasteiger charge is -2.05. The van der Waals surface area contributed by atoms with Gasteiger partial charge in [0.2, 0.25) is 0 Å². The number of hydrogen-bond donors (Lipinski definition) is 2. The van der Waals surface area contributed by atoms with Crippen LogP contribution in [0.4, 0.5) is 17.1 Å². The van der Waals surface area contributed by atoms with Gasteiger partial charge in [0.05, 0.1) is 16.8 Å². The SMILES string of the molecule is CC(C)n1cc(NC(=O)c2ccc(N)c([N+](=O)[O-])c2)cn1. The molecule has 1 amide bonds. The van der Waals surface area contributed by atoms with E-state index in [2.05, 4.69) is 10.4 Å². The molecule has 0 saturated carbocycles. The number of benzene rings is 1. The minimum absolute atomic E-state index is 0.0178. The molecule has 1 aromatic carbocycles. The van der Waals surface area contributed by atoms with Crippen LogP contribution in [0.1, 0.15) is 30.2 Å². The van der Waals surface area contributed by atoms with Gasteiger partial charge in [-0.05, 0) is 26.0 Å². The van der Waals surface area contributed by atoms with E-state index in [9.17, 15) is 14.9 Å². The van der Waals surface area contributed by atoms with E-state index in [4.69, 9.17) is 5.73 Å². The average Bonchev–Trinajstić information content (AvgIpc) is 2.87. The summed E-state index contributed by atoms with van der Waals surface area (Å²) in [6.45, 7) is 3.92. The molecule has 21 heavy (non-hydrogen) atoms. The zero-order chi connectivity index (χ0) is 15.6. The van der Waals surface area contributed by atoms with Crippen LogP contribution in [0.25, 0.3) is 0 Å². The van der Waals surface area contributed by atoms with Crippen molar-refractivity contribution in [2.75, 3.05) is 11.1 Å². The van der Waals surface area contributed by atoms with Gasteiger partial charge in [-0.2, -0.15) is 5.10 Å². The van der Waals surface area contributed by atoms with Gasteiger partial charge in [0, 0.05) is 23.9 Å². The van der Waals surface area contributed by atoms with Crippen LogP contribution in [0.15, 0.2) is 30.6 Å². The molecule has 2 aromatic rings. The van der Waals surface area contributed by atoms with Crippen molar-refractivity contribution in [3.8, 4) is 0 Å². The van der Waals surface area contributed by atoms with Gasteiger partial charge >= 0.3 is 0 Å². The summed E-state index contributed by atoms with van der Waals surface area (Å²) in [7, 11) is 0. The quantitative estimate of drug-likeness (QED) is 0.508. The van der Waals surface area contributed by atoms with Gasteiger partial charge in [-0.1, -0.05) is 0 Å². The maximum atomic E-state index is 12.1. The fourth-order valence-corrected chi connectivity index (χ4v) is 1.73. The summed E-state index contributed by atoms with van der Waals surface area (Å²) in [6.07, 6.45) is 3.21. The van der Waals surface area contributed by atoms with E-state index in [-0.39, 0.29) is 23.0 Å². The number of amides is 1. The zero-order valence-electron chi connectivity index (χ0n) is 11.6. The molecule has 0 unspecified atom stereocenters. The minimum Gasteiger partial charge on any atom is -0.393 e. The molecule has 0 saturated heterocycles. The van der Waals surface area contributed by atoms with Crippen molar-refractivity contribution in [1.82, 2.24) is 9.78 Å². The summed E-state index contributed by atoms with van der Waals surface area (Å²) in [4.78, 5) is 22.3. The molecule has 1 aromatic heterocycles. The Morgan fingerprint density at radius 3 is 2.76 bits per heavy atom. The maximum Gasteiger partial charge on any atom is 0.292 e. The molecule has 0 bridgehead atoms. The van der Waals surface area contributed by atoms with Crippen molar-refractivity contribution in [2.45, 2.75) is 19.9 Å². The largest absolute Gasteiger partial charge is 0.393 e. The number of nitro benzene ring substituents is 1. The second-order valence-corrected chi connectivity index (χ2v) is 4.79. The van der Waals surface area contributed by atoms with Gasteiger partial charge in [-0.25, -0.2) is 0 Å². The topological polar surface area (TPSA) is 116 Å². The van der Waals surface area contributed by atoms with Gasteiger partial charge in [-0.15, -0.1) is 0 Å². The van der Waals surface area contributed by atoms with E-state index in [1.54, 1.807) is 10.9 Å². The number of nitrogens with zero attached hydrogens (tertiary/aromatic N) is 3. The summed E-state index contributed by atoms with van der Waals surface area (Å²) < 4.78 is 1.70. The van der Waals surface area contributed by atoms with Crippen molar-refractivity contribution < 1.29 is 9.72 Å². The molecule has 3 N–H and O–H groups in total. The number of carbonyl (C=O) groups excluding carboxylic acids is 1. The van der Waals surface area contributed by atoms with Crippen molar-refractivity contribution in [3.63, 3.8) is 0 Å². The number of nitrogens with one attached hydrogen (secondary N) is 1. The first kappa shape index (κ1) is 14.5. The van der Waals surface area contributed by atoms with Crippen LogP contribution in [-0.4, -0.2) is 20.6 Å². The Labute approximate surface area is 120 Å². The fraction of sp³-hybridized carbons (Fsp3) is 0.231. The lowest BCUT2D eigenvalue weighted by atomic mass is 10.1. The number of nitrogens with two attached hydrogens (primary N) is 1. The van der Waals surface area contributed by atoms with Crippen LogP contribution in [0.5, 0.6) is 0 Å². The first-order valence-electron chi connectivity index (χ1n) is 6.28. The van der Waals surface area contributed by atoms with Crippen molar-refractivity contribution in [2.24, 2.45) is 0 Å². The number of carbonyl (C=O) groups is 1. The number of nitro groups is 1. The normalized spacial score (nSPS) is 10.6. The van der Waals surface area contributed by atoms with E-state index in [0.29, 0.717) is 5.69 Å². The number of hydrogen-bond acceptors (Lipinski definition) is 5. The molecule has 0 spiro atoms.